The van der Waals surface area contributed by atoms with Gasteiger partial charge in [-0.3, -0.25) is 9.36 Å². The molecule has 0 N–H and O–H groups in total. The Morgan fingerprint density at radius 1 is 1.26 bits per heavy atom. The van der Waals surface area contributed by atoms with Gasteiger partial charge in [0.05, 0.1) is 0 Å². The molecule has 23 heavy (non-hydrogen) atoms. The summed E-state index contributed by atoms with van der Waals surface area (Å²) < 4.78 is 3.10. The Labute approximate surface area is 136 Å². The molecule has 0 bridgehead atoms. The van der Waals surface area contributed by atoms with E-state index in [0.29, 0.717) is 12.0 Å². The highest BCUT2D eigenvalue weighted by atomic mass is 16.2. The van der Waals surface area contributed by atoms with E-state index < -0.39 is 0 Å². The van der Waals surface area contributed by atoms with Gasteiger partial charge in [0.25, 0.3) is 0 Å². The van der Waals surface area contributed by atoms with Gasteiger partial charge in [-0.2, -0.15) is 5.10 Å². The molecule has 1 aromatic rings. The maximum Gasteiger partial charge on any atom is 0.346 e. The van der Waals surface area contributed by atoms with Crippen molar-refractivity contribution in [2.24, 2.45) is 5.92 Å². The molecule has 0 spiro atoms. The normalized spacial score (nSPS) is 24.8. The average Bonchev–Trinajstić information content (AvgIpc) is 2.92. The van der Waals surface area contributed by atoms with Gasteiger partial charge in [-0.1, -0.05) is 13.3 Å². The molecule has 3 heterocycles. The summed E-state index contributed by atoms with van der Waals surface area (Å²) in [6, 6.07) is 0.384. The Bertz CT molecular complexity index is 633. The van der Waals surface area contributed by atoms with Crippen LogP contribution in [0, 0.1) is 5.92 Å². The maximum atomic E-state index is 12.6. The van der Waals surface area contributed by atoms with Crippen LogP contribution in [0.4, 0.5) is 0 Å². The van der Waals surface area contributed by atoms with E-state index >= 15 is 0 Å². The van der Waals surface area contributed by atoms with Crippen LogP contribution in [0.15, 0.2) is 4.79 Å². The fraction of sp³-hybridized carbons (Fsp3) is 0.812. The van der Waals surface area contributed by atoms with Crippen molar-refractivity contribution < 1.29 is 4.79 Å². The van der Waals surface area contributed by atoms with Gasteiger partial charge in [0.2, 0.25) is 5.91 Å². The van der Waals surface area contributed by atoms with Crippen molar-refractivity contribution in [3.05, 3.63) is 16.3 Å². The first-order valence-electron chi connectivity index (χ1n) is 8.58. The van der Waals surface area contributed by atoms with E-state index in [0.717, 1.165) is 51.1 Å². The summed E-state index contributed by atoms with van der Waals surface area (Å²) in [5.41, 5.74) is -0.133. The van der Waals surface area contributed by atoms with Crippen molar-refractivity contribution in [2.75, 3.05) is 27.2 Å². The second kappa shape index (κ2) is 6.47. The van der Waals surface area contributed by atoms with E-state index in [4.69, 9.17) is 0 Å². The van der Waals surface area contributed by atoms with Crippen LogP contribution in [-0.4, -0.2) is 63.3 Å². The molecule has 0 aromatic carbocycles. The molecule has 0 aliphatic carbocycles. The molecule has 1 aromatic heterocycles. The fourth-order valence-corrected chi connectivity index (χ4v) is 3.78. The highest BCUT2D eigenvalue weighted by Crippen LogP contribution is 2.20. The number of carbonyl (C=O) groups excluding carboxylic acids is 1. The van der Waals surface area contributed by atoms with Gasteiger partial charge in [0.15, 0.2) is 0 Å². The van der Waals surface area contributed by atoms with Crippen LogP contribution in [-0.2, 0) is 24.3 Å². The summed E-state index contributed by atoms with van der Waals surface area (Å²) >= 11 is 0. The topological polar surface area (TPSA) is 63.4 Å². The van der Waals surface area contributed by atoms with Gasteiger partial charge in [-0.05, 0) is 32.9 Å². The molecular weight excluding hydrogens is 294 g/mol. The molecule has 0 saturated carbocycles. The first kappa shape index (κ1) is 16.2. The minimum Gasteiger partial charge on any atom is -0.339 e. The minimum atomic E-state index is -0.133. The van der Waals surface area contributed by atoms with Crippen LogP contribution in [0.1, 0.15) is 32.0 Å². The van der Waals surface area contributed by atoms with E-state index in [1.165, 1.54) is 4.68 Å². The molecule has 128 valence electrons. The first-order chi connectivity index (χ1) is 11.0. The number of likely N-dealkylation sites (tertiary alicyclic amines) is 1. The quantitative estimate of drug-likeness (QED) is 0.797. The molecule has 2 aliphatic heterocycles. The van der Waals surface area contributed by atoms with Gasteiger partial charge in [0.1, 0.15) is 12.4 Å². The number of likely N-dealkylation sites (N-methyl/N-ethyl adjacent to an activating group) is 1. The molecule has 2 unspecified atom stereocenters. The van der Waals surface area contributed by atoms with Crippen molar-refractivity contribution in [1.29, 1.82) is 0 Å². The lowest BCUT2D eigenvalue weighted by atomic mass is 10.1. The summed E-state index contributed by atoms with van der Waals surface area (Å²) in [5.74, 6) is 1.28. The molecule has 7 heteroatoms. The zero-order chi connectivity index (χ0) is 16.6. The van der Waals surface area contributed by atoms with Crippen LogP contribution >= 0.6 is 0 Å². The van der Waals surface area contributed by atoms with Gasteiger partial charge < -0.3 is 9.80 Å². The number of rotatable bonds is 3. The third-order valence-corrected chi connectivity index (χ3v) is 5.16. The largest absolute Gasteiger partial charge is 0.346 e. The second-order valence-corrected chi connectivity index (χ2v) is 7.13. The summed E-state index contributed by atoms with van der Waals surface area (Å²) in [6.45, 7) is 4.44. The number of nitrogens with zero attached hydrogens (tertiary/aromatic N) is 5. The number of amides is 1. The number of hydrogen-bond acceptors (Lipinski definition) is 4. The van der Waals surface area contributed by atoms with Crippen LogP contribution in [0.5, 0.6) is 0 Å². The SMILES string of the molecule is CC1CN(C(=O)Cn2nc3n(c2=O)CCCCC3)CC1N(C)C. The molecule has 7 nitrogen and oxygen atoms in total. The van der Waals surface area contributed by atoms with Gasteiger partial charge >= 0.3 is 5.69 Å². The molecule has 0 radical (unpaired) electrons. The van der Waals surface area contributed by atoms with E-state index in [-0.39, 0.29) is 18.1 Å². The molecule has 1 fully saturated rings. The Morgan fingerprint density at radius 2 is 2.04 bits per heavy atom. The molecule has 2 atom stereocenters. The van der Waals surface area contributed by atoms with E-state index in [1.807, 2.05) is 19.0 Å². The highest BCUT2D eigenvalue weighted by Gasteiger charge is 2.34. The third kappa shape index (κ3) is 3.20. The van der Waals surface area contributed by atoms with E-state index in [2.05, 4.69) is 16.9 Å². The lowest BCUT2D eigenvalue weighted by Crippen LogP contribution is -2.38. The van der Waals surface area contributed by atoms with Crippen LogP contribution in [0.2, 0.25) is 0 Å². The Balaban J connectivity index is 1.71. The number of fused-ring (bicyclic) bond motifs is 1. The zero-order valence-electron chi connectivity index (χ0n) is 14.4. The second-order valence-electron chi connectivity index (χ2n) is 7.13. The average molecular weight is 321 g/mol. The minimum absolute atomic E-state index is 0.00319. The monoisotopic (exact) mass is 321 g/mol. The van der Waals surface area contributed by atoms with Gasteiger partial charge in [-0.25, -0.2) is 9.48 Å². The van der Waals surface area contributed by atoms with Crippen molar-refractivity contribution >= 4 is 5.91 Å². The predicted octanol–water partition coefficient (Wildman–Crippen LogP) is 0.180. The lowest BCUT2D eigenvalue weighted by Gasteiger charge is -2.22. The number of aryl methyl sites for hydroxylation is 1. The molecule has 1 amide bonds. The third-order valence-electron chi connectivity index (χ3n) is 5.16. The Hall–Kier alpha value is -1.63. The van der Waals surface area contributed by atoms with Crippen molar-refractivity contribution in [3.8, 4) is 0 Å². The first-order valence-corrected chi connectivity index (χ1v) is 8.58. The fourth-order valence-electron chi connectivity index (χ4n) is 3.78. The standard InChI is InChI=1S/C16H27N5O2/c1-12-9-19(10-13(12)18(2)3)15(22)11-21-16(23)20-8-6-4-5-7-14(20)17-21/h12-13H,4-11H2,1-3H3. The maximum absolute atomic E-state index is 12.6. The van der Waals surface area contributed by atoms with Crippen LogP contribution in [0.25, 0.3) is 0 Å². The van der Waals surface area contributed by atoms with Crippen molar-refractivity contribution in [3.63, 3.8) is 0 Å². The zero-order valence-corrected chi connectivity index (χ0v) is 14.4. The van der Waals surface area contributed by atoms with Gasteiger partial charge in [-0.15, -0.1) is 0 Å². The summed E-state index contributed by atoms with van der Waals surface area (Å²) in [4.78, 5) is 29.0. The van der Waals surface area contributed by atoms with Gasteiger partial charge in [0, 0.05) is 32.1 Å². The summed E-state index contributed by atoms with van der Waals surface area (Å²) in [6.07, 6.45) is 4.05. The number of aromatic nitrogens is 3. The number of carbonyl (C=O) groups is 1. The molecular formula is C16H27N5O2. The van der Waals surface area contributed by atoms with Crippen molar-refractivity contribution in [1.82, 2.24) is 24.1 Å². The highest BCUT2D eigenvalue weighted by molar-refractivity contribution is 5.76. The Kier molecular flexibility index (Phi) is 4.57. The lowest BCUT2D eigenvalue weighted by molar-refractivity contribution is -0.131. The van der Waals surface area contributed by atoms with Crippen LogP contribution < -0.4 is 5.69 Å². The summed E-state index contributed by atoms with van der Waals surface area (Å²) in [7, 11) is 4.10. The number of hydrogen-bond donors (Lipinski definition) is 0. The van der Waals surface area contributed by atoms with Crippen LogP contribution in [0.3, 0.4) is 0 Å². The van der Waals surface area contributed by atoms with E-state index in [1.54, 1.807) is 4.57 Å². The predicted molar refractivity (Wildman–Crippen MR) is 87.3 cm³/mol. The van der Waals surface area contributed by atoms with Crippen molar-refractivity contribution in [2.45, 2.75) is 51.7 Å². The Morgan fingerprint density at radius 3 is 2.74 bits per heavy atom. The molecule has 1 saturated heterocycles. The molecule has 2 aliphatic rings. The summed E-state index contributed by atoms with van der Waals surface area (Å²) in [5, 5.41) is 4.40. The molecule has 3 rings (SSSR count). The smallest absolute Gasteiger partial charge is 0.339 e. The van der Waals surface area contributed by atoms with E-state index in [9.17, 15) is 9.59 Å².